The lowest BCUT2D eigenvalue weighted by Crippen LogP contribution is -2.34. The van der Waals surface area contributed by atoms with E-state index in [1.807, 2.05) is 37.3 Å². The summed E-state index contributed by atoms with van der Waals surface area (Å²) in [6.07, 6.45) is 1.88. The highest BCUT2D eigenvalue weighted by molar-refractivity contribution is 7.80. The predicted molar refractivity (Wildman–Crippen MR) is 137 cm³/mol. The maximum Gasteiger partial charge on any atom is 0.325 e. The third-order valence-corrected chi connectivity index (χ3v) is 5.64. The topological polar surface area (TPSA) is 86.8 Å². The minimum atomic E-state index is -0.565. The zero-order valence-corrected chi connectivity index (χ0v) is 21.1. The molecule has 9 heteroatoms. The van der Waals surface area contributed by atoms with E-state index in [0.717, 1.165) is 16.7 Å². The van der Waals surface area contributed by atoms with Gasteiger partial charge in [-0.25, -0.2) is 9.37 Å². The van der Waals surface area contributed by atoms with Crippen LogP contribution in [0.2, 0.25) is 0 Å². The number of halogens is 1. The summed E-state index contributed by atoms with van der Waals surface area (Å²) in [6, 6.07) is 15.7. The average molecular weight is 511 g/mol. The number of carbonyl (C=O) groups is 2. The number of thiocarbonyl (C=S) groups is 1. The van der Waals surface area contributed by atoms with Gasteiger partial charge in [-0.3, -0.25) is 9.59 Å². The Morgan fingerprint density at radius 1 is 1.11 bits per heavy atom. The number of esters is 2. The van der Waals surface area contributed by atoms with Crippen molar-refractivity contribution in [3.63, 3.8) is 0 Å². The number of ether oxygens (including phenoxy) is 3. The number of hydrogen-bond acceptors (Lipinski definition) is 7. The Hall–Kier alpha value is -3.85. The standard InChI is InChI=1S/C27H27FN2O5S/c1-17-13-21(28)10-9-20(17)15-22(14-19-7-5-4-6-8-19)35-24(32)16-30-27(36)25-26(34-18(2)31)23(33-3)11-12-29-25/h4-13,22H,14-16H2,1-3H3,(H,30,36). The van der Waals surface area contributed by atoms with E-state index in [1.165, 1.54) is 38.4 Å². The lowest BCUT2D eigenvalue weighted by atomic mass is 9.98. The molecular weight excluding hydrogens is 483 g/mol. The number of benzene rings is 2. The fourth-order valence-electron chi connectivity index (χ4n) is 3.63. The first-order chi connectivity index (χ1) is 17.3. The van der Waals surface area contributed by atoms with Crippen LogP contribution in [0, 0.1) is 12.7 Å². The molecule has 2 aromatic carbocycles. The van der Waals surface area contributed by atoms with Gasteiger partial charge in [0.2, 0.25) is 5.75 Å². The molecule has 7 nitrogen and oxygen atoms in total. The van der Waals surface area contributed by atoms with Gasteiger partial charge in [0.1, 0.15) is 29.1 Å². The number of hydrogen-bond donors (Lipinski definition) is 1. The number of pyridine rings is 1. The second-order valence-electron chi connectivity index (χ2n) is 8.04. The van der Waals surface area contributed by atoms with Crippen LogP contribution in [0.3, 0.4) is 0 Å². The minimum Gasteiger partial charge on any atom is -0.493 e. The molecule has 0 saturated carbocycles. The first-order valence-corrected chi connectivity index (χ1v) is 11.7. The second-order valence-corrected chi connectivity index (χ2v) is 8.45. The average Bonchev–Trinajstić information content (AvgIpc) is 2.84. The second kappa shape index (κ2) is 12.7. The fourth-order valence-corrected chi connectivity index (χ4v) is 3.84. The molecule has 0 spiro atoms. The zero-order chi connectivity index (χ0) is 26.1. The van der Waals surface area contributed by atoms with E-state index in [2.05, 4.69) is 10.3 Å². The van der Waals surface area contributed by atoms with Gasteiger partial charge < -0.3 is 19.5 Å². The number of carbonyl (C=O) groups excluding carboxylic acids is 2. The third-order valence-electron chi connectivity index (χ3n) is 5.30. The summed E-state index contributed by atoms with van der Waals surface area (Å²) >= 11 is 5.38. The van der Waals surface area contributed by atoms with E-state index >= 15 is 0 Å². The quantitative estimate of drug-likeness (QED) is 0.322. The van der Waals surface area contributed by atoms with Crippen molar-refractivity contribution in [1.29, 1.82) is 0 Å². The van der Waals surface area contributed by atoms with Crippen molar-refractivity contribution in [3.8, 4) is 11.5 Å². The van der Waals surface area contributed by atoms with E-state index in [4.69, 9.17) is 26.4 Å². The Balaban J connectivity index is 1.70. The van der Waals surface area contributed by atoms with Gasteiger partial charge in [0.15, 0.2) is 5.75 Å². The van der Waals surface area contributed by atoms with Crippen LogP contribution in [-0.2, 0) is 27.2 Å². The molecule has 0 amide bonds. The number of methoxy groups -OCH3 is 1. The van der Waals surface area contributed by atoms with E-state index in [1.54, 1.807) is 6.07 Å². The van der Waals surface area contributed by atoms with Gasteiger partial charge in [-0.15, -0.1) is 0 Å². The van der Waals surface area contributed by atoms with Crippen LogP contribution in [0.5, 0.6) is 11.5 Å². The van der Waals surface area contributed by atoms with Crippen LogP contribution in [0.1, 0.15) is 29.3 Å². The summed E-state index contributed by atoms with van der Waals surface area (Å²) in [6.45, 7) is 2.84. The molecule has 1 atom stereocenters. The van der Waals surface area contributed by atoms with Crippen molar-refractivity contribution in [3.05, 3.63) is 89.0 Å². The molecule has 0 bridgehead atoms. The van der Waals surface area contributed by atoms with Crippen LogP contribution in [0.25, 0.3) is 0 Å². The largest absolute Gasteiger partial charge is 0.493 e. The van der Waals surface area contributed by atoms with Crippen LogP contribution in [0.15, 0.2) is 60.8 Å². The Bertz CT molecular complexity index is 1240. The molecule has 1 aromatic heterocycles. The van der Waals surface area contributed by atoms with Crippen molar-refractivity contribution in [1.82, 2.24) is 10.3 Å². The molecule has 0 aliphatic carbocycles. The molecule has 0 fully saturated rings. The molecule has 0 aliphatic rings. The minimum absolute atomic E-state index is 0.0621. The summed E-state index contributed by atoms with van der Waals surface area (Å²) < 4.78 is 29.8. The summed E-state index contributed by atoms with van der Waals surface area (Å²) in [4.78, 5) is 28.5. The molecule has 188 valence electrons. The van der Waals surface area contributed by atoms with Crippen molar-refractivity contribution in [2.45, 2.75) is 32.8 Å². The fraction of sp³-hybridized carbons (Fsp3) is 0.259. The summed E-state index contributed by atoms with van der Waals surface area (Å²) in [5.41, 5.74) is 2.84. The third kappa shape index (κ3) is 7.58. The van der Waals surface area contributed by atoms with Crippen molar-refractivity contribution in [2.24, 2.45) is 0 Å². The molecule has 0 saturated heterocycles. The summed E-state index contributed by atoms with van der Waals surface area (Å²) in [5.74, 6) is -1.07. The first-order valence-electron chi connectivity index (χ1n) is 11.2. The molecule has 0 radical (unpaired) electrons. The van der Waals surface area contributed by atoms with Crippen molar-refractivity contribution >= 4 is 29.1 Å². The first kappa shape index (κ1) is 26.7. The smallest absolute Gasteiger partial charge is 0.325 e. The molecule has 36 heavy (non-hydrogen) atoms. The van der Waals surface area contributed by atoms with Gasteiger partial charge in [0.05, 0.1) is 7.11 Å². The molecule has 1 heterocycles. The van der Waals surface area contributed by atoms with Gasteiger partial charge in [-0.2, -0.15) is 0 Å². The van der Waals surface area contributed by atoms with Crippen LogP contribution >= 0.6 is 12.2 Å². The lowest BCUT2D eigenvalue weighted by Gasteiger charge is -2.20. The zero-order valence-electron chi connectivity index (χ0n) is 20.2. The van der Waals surface area contributed by atoms with Crippen LogP contribution in [0.4, 0.5) is 4.39 Å². The number of rotatable bonds is 10. The van der Waals surface area contributed by atoms with Crippen molar-refractivity contribution < 1.29 is 28.2 Å². The Morgan fingerprint density at radius 3 is 2.53 bits per heavy atom. The van der Waals surface area contributed by atoms with Gasteiger partial charge in [-0.05, 0) is 35.7 Å². The van der Waals surface area contributed by atoms with Gasteiger partial charge in [0, 0.05) is 32.0 Å². The maximum absolute atomic E-state index is 13.6. The Labute approximate surface area is 214 Å². The Morgan fingerprint density at radius 2 is 1.86 bits per heavy atom. The van der Waals surface area contributed by atoms with Crippen LogP contribution < -0.4 is 14.8 Å². The SMILES string of the molecule is COc1ccnc(C(=S)NCC(=O)OC(Cc2ccccc2)Cc2ccc(F)cc2C)c1OC(C)=O. The van der Waals surface area contributed by atoms with Crippen LogP contribution in [-0.4, -0.2) is 41.7 Å². The van der Waals surface area contributed by atoms with Gasteiger partial charge in [-0.1, -0.05) is 48.6 Å². The van der Waals surface area contributed by atoms with Gasteiger partial charge >= 0.3 is 11.9 Å². The highest BCUT2D eigenvalue weighted by Gasteiger charge is 2.21. The number of nitrogens with one attached hydrogen (secondary N) is 1. The van der Waals surface area contributed by atoms with E-state index in [-0.39, 0.29) is 34.5 Å². The number of aromatic nitrogens is 1. The highest BCUT2D eigenvalue weighted by atomic mass is 32.1. The number of aryl methyl sites for hydroxylation is 1. The van der Waals surface area contributed by atoms with E-state index in [9.17, 15) is 14.0 Å². The molecule has 1 N–H and O–H groups in total. The van der Waals surface area contributed by atoms with Crippen molar-refractivity contribution in [2.75, 3.05) is 13.7 Å². The molecule has 3 aromatic rings. The highest BCUT2D eigenvalue weighted by Crippen LogP contribution is 2.29. The number of nitrogens with zero attached hydrogens (tertiary/aromatic N) is 1. The molecule has 3 rings (SSSR count). The molecule has 0 aliphatic heterocycles. The molecular formula is C27H27FN2O5S. The monoisotopic (exact) mass is 510 g/mol. The summed E-state index contributed by atoms with van der Waals surface area (Å²) in [5, 5.41) is 2.81. The van der Waals surface area contributed by atoms with Gasteiger partial charge in [0.25, 0.3) is 0 Å². The Kier molecular flexibility index (Phi) is 9.46. The van der Waals surface area contributed by atoms with E-state index in [0.29, 0.717) is 12.8 Å². The predicted octanol–water partition coefficient (Wildman–Crippen LogP) is 4.13. The normalized spacial score (nSPS) is 11.3. The van der Waals surface area contributed by atoms with E-state index < -0.39 is 18.0 Å². The molecule has 1 unspecified atom stereocenters. The maximum atomic E-state index is 13.6. The lowest BCUT2D eigenvalue weighted by molar-refractivity contribution is -0.147. The summed E-state index contributed by atoms with van der Waals surface area (Å²) in [7, 11) is 1.43.